The van der Waals surface area contributed by atoms with E-state index in [-0.39, 0.29) is 12.0 Å². The Labute approximate surface area is 275 Å². The summed E-state index contributed by atoms with van der Waals surface area (Å²) in [6, 6.07) is 20.0. The Morgan fingerprint density at radius 3 is 2.35 bits per heavy atom. The third kappa shape index (κ3) is 9.48. The summed E-state index contributed by atoms with van der Waals surface area (Å²) in [6.07, 6.45) is 6.62. The summed E-state index contributed by atoms with van der Waals surface area (Å²) < 4.78 is 5.47. The molecule has 2 aromatic carbocycles. The first-order valence-electron chi connectivity index (χ1n) is 15.5. The van der Waals surface area contributed by atoms with Crippen LogP contribution in [-0.2, 0) is 9.53 Å². The number of rotatable bonds is 10. The molecule has 0 radical (unpaired) electrons. The highest BCUT2D eigenvalue weighted by molar-refractivity contribution is 6.32. The van der Waals surface area contributed by atoms with E-state index in [2.05, 4.69) is 54.8 Å². The molecule has 0 saturated carbocycles. The van der Waals surface area contributed by atoms with Crippen LogP contribution in [0.25, 0.3) is 22.4 Å². The Morgan fingerprint density at radius 1 is 0.870 bits per heavy atom. The second-order valence-corrected chi connectivity index (χ2v) is 12.6. The number of nitrogens with zero attached hydrogens (tertiary/aromatic N) is 5. The molecule has 0 aliphatic carbocycles. The van der Waals surface area contributed by atoms with Crippen LogP contribution in [-0.4, -0.2) is 75.1 Å². The molecule has 0 unspecified atom stereocenters. The number of halogens is 1. The number of hydrogen-bond donors (Lipinski definition) is 2. The van der Waals surface area contributed by atoms with Gasteiger partial charge in [0.2, 0.25) is 11.9 Å². The minimum atomic E-state index is -0.491. The Kier molecular flexibility index (Phi) is 10.8. The van der Waals surface area contributed by atoms with Gasteiger partial charge in [0.25, 0.3) is 0 Å². The predicted molar refractivity (Wildman–Crippen MR) is 182 cm³/mol. The summed E-state index contributed by atoms with van der Waals surface area (Å²) >= 11 is 6.51. The number of anilines is 3. The van der Waals surface area contributed by atoms with Crippen molar-refractivity contribution in [3.63, 3.8) is 0 Å². The number of piperazine rings is 1. The van der Waals surface area contributed by atoms with Crippen molar-refractivity contribution in [2.24, 2.45) is 0 Å². The van der Waals surface area contributed by atoms with Gasteiger partial charge in [-0.2, -0.15) is 0 Å². The van der Waals surface area contributed by atoms with Crippen molar-refractivity contribution in [1.82, 2.24) is 24.8 Å². The first-order chi connectivity index (χ1) is 22.1. The van der Waals surface area contributed by atoms with Gasteiger partial charge >= 0.3 is 6.09 Å². The van der Waals surface area contributed by atoms with Gasteiger partial charge in [-0.25, -0.2) is 14.8 Å². The molecule has 0 atom stereocenters. The summed E-state index contributed by atoms with van der Waals surface area (Å²) in [5.41, 5.74) is 4.38. The molecule has 1 aliphatic heterocycles. The summed E-state index contributed by atoms with van der Waals surface area (Å²) in [7, 11) is 0. The molecule has 4 aromatic rings. The third-order valence-corrected chi connectivity index (χ3v) is 7.69. The molecular weight excluding hydrogens is 602 g/mol. The number of hydrogen-bond acceptors (Lipinski definition) is 8. The molecule has 0 spiro atoms. The predicted octanol–water partition coefficient (Wildman–Crippen LogP) is 7.26. The zero-order chi connectivity index (χ0) is 32.5. The van der Waals surface area contributed by atoms with Gasteiger partial charge in [0.05, 0.1) is 40.7 Å². The first-order valence-corrected chi connectivity index (χ1v) is 15.9. The molecule has 10 nitrogen and oxygen atoms in total. The number of unbranched alkanes of at least 4 members (excludes halogenated alkanes) is 1. The lowest BCUT2D eigenvalue weighted by Crippen LogP contribution is -2.50. The maximum Gasteiger partial charge on any atom is 0.410 e. The fraction of sp³-hybridized carbons (Fsp3) is 0.343. The molecule has 1 saturated heterocycles. The topological polar surface area (TPSA) is 113 Å². The summed E-state index contributed by atoms with van der Waals surface area (Å²) in [5.74, 6) is 0.291. The van der Waals surface area contributed by atoms with Gasteiger partial charge in [0.15, 0.2) is 0 Å². The number of benzene rings is 2. The maximum atomic E-state index is 12.7. The molecular formula is C35H40ClN7O3. The molecule has 0 bridgehead atoms. The van der Waals surface area contributed by atoms with Crippen LogP contribution >= 0.6 is 11.6 Å². The monoisotopic (exact) mass is 641 g/mol. The van der Waals surface area contributed by atoms with E-state index in [1.165, 1.54) is 0 Å². The van der Waals surface area contributed by atoms with Crippen LogP contribution in [0.3, 0.4) is 0 Å². The van der Waals surface area contributed by atoms with Crippen LogP contribution in [0, 0.1) is 0 Å². The highest BCUT2D eigenvalue weighted by atomic mass is 35.5. The van der Waals surface area contributed by atoms with Crippen molar-refractivity contribution in [3.05, 3.63) is 84.3 Å². The number of amides is 2. The Balaban J connectivity index is 1.09. The lowest BCUT2D eigenvalue weighted by Gasteiger charge is -2.35. The fourth-order valence-corrected chi connectivity index (χ4v) is 5.34. The third-order valence-electron chi connectivity index (χ3n) is 7.42. The largest absolute Gasteiger partial charge is 0.444 e. The van der Waals surface area contributed by atoms with E-state index < -0.39 is 5.60 Å². The highest BCUT2D eigenvalue weighted by Gasteiger charge is 2.25. The van der Waals surface area contributed by atoms with Crippen molar-refractivity contribution >= 4 is 40.9 Å². The molecule has 3 heterocycles. The van der Waals surface area contributed by atoms with E-state index in [0.29, 0.717) is 47.6 Å². The summed E-state index contributed by atoms with van der Waals surface area (Å²) in [4.78, 5) is 42.3. The molecule has 2 N–H and O–H groups in total. The average molecular weight is 642 g/mol. The molecule has 240 valence electrons. The zero-order valence-electron chi connectivity index (χ0n) is 26.5. The van der Waals surface area contributed by atoms with E-state index in [9.17, 15) is 9.59 Å². The molecule has 2 aromatic heterocycles. The van der Waals surface area contributed by atoms with E-state index in [1.54, 1.807) is 29.6 Å². The second-order valence-electron chi connectivity index (χ2n) is 12.2. The quantitative estimate of drug-likeness (QED) is 0.174. The number of carbonyl (C=O) groups is 2. The summed E-state index contributed by atoms with van der Waals surface area (Å²) in [6.45, 7) is 9.41. The number of ether oxygens (including phenoxy) is 1. The molecule has 2 amide bonds. The van der Waals surface area contributed by atoms with Crippen molar-refractivity contribution in [1.29, 1.82) is 0 Å². The van der Waals surface area contributed by atoms with Crippen LogP contribution in [0.2, 0.25) is 5.02 Å². The van der Waals surface area contributed by atoms with E-state index >= 15 is 0 Å². The Morgan fingerprint density at radius 2 is 1.59 bits per heavy atom. The second kappa shape index (κ2) is 15.2. The van der Waals surface area contributed by atoms with Crippen LogP contribution in [0.4, 0.5) is 22.1 Å². The standard InChI is InChI=1S/C35H40ClN7O3/c1-35(2,3)46-34(45)43-18-16-42(17-19-43)15-8-7-14-31(44)39-28-21-29(23-37-22-28)40-33-38-24-30(36)32(41-33)27-13-9-12-26(20-27)25-10-5-4-6-11-25/h4-6,9-13,20-24H,7-8,14-19H2,1-3H3,(H,39,44)(H,38,40,41). The van der Waals surface area contributed by atoms with Crippen LogP contribution in [0.5, 0.6) is 0 Å². The highest BCUT2D eigenvalue weighted by Crippen LogP contribution is 2.30. The number of carbonyl (C=O) groups excluding carboxylic acids is 2. The number of nitrogens with one attached hydrogen (secondary N) is 2. The van der Waals surface area contributed by atoms with Crippen molar-refractivity contribution < 1.29 is 14.3 Å². The number of pyridine rings is 1. The van der Waals surface area contributed by atoms with Crippen molar-refractivity contribution in [2.75, 3.05) is 43.4 Å². The zero-order valence-corrected chi connectivity index (χ0v) is 27.3. The maximum absolute atomic E-state index is 12.7. The smallest absolute Gasteiger partial charge is 0.410 e. The van der Waals surface area contributed by atoms with Gasteiger partial charge in [0.1, 0.15) is 5.60 Å². The molecule has 5 rings (SSSR count). The minimum absolute atomic E-state index is 0.0722. The van der Waals surface area contributed by atoms with Gasteiger partial charge in [-0.15, -0.1) is 0 Å². The normalized spacial score (nSPS) is 13.7. The Hall–Kier alpha value is -4.54. The van der Waals surface area contributed by atoms with Crippen molar-refractivity contribution in [2.45, 2.75) is 45.6 Å². The average Bonchev–Trinajstić information content (AvgIpc) is 3.04. The molecule has 1 fully saturated rings. The van der Waals surface area contributed by atoms with Crippen molar-refractivity contribution in [3.8, 4) is 22.4 Å². The molecule has 46 heavy (non-hydrogen) atoms. The van der Waals surface area contributed by atoms with Gasteiger partial charge < -0.3 is 20.3 Å². The first kappa shape index (κ1) is 32.8. The van der Waals surface area contributed by atoms with Crippen LogP contribution in [0.15, 0.2) is 79.3 Å². The molecule has 1 aliphatic rings. The van der Waals surface area contributed by atoms with E-state index in [4.69, 9.17) is 16.3 Å². The lowest BCUT2D eigenvalue weighted by molar-refractivity contribution is -0.116. The SMILES string of the molecule is CC(C)(C)OC(=O)N1CCN(CCCCC(=O)Nc2cncc(Nc3ncc(Cl)c(-c4cccc(-c5ccccc5)c4)n3)c2)CC1. The van der Waals surface area contributed by atoms with E-state index in [0.717, 1.165) is 49.2 Å². The number of aromatic nitrogens is 3. The van der Waals surface area contributed by atoms with Crippen LogP contribution < -0.4 is 10.6 Å². The molecule has 11 heteroatoms. The lowest BCUT2D eigenvalue weighted by atomic mass is 10.0. The van der Waals surface area contributed by atoms with Gasteiger partial charge in [-0.05, 0) is 63.4 Å². The van der Waals surface area contributed by atoms with E-state index in [1.807, 2.05) is 51.1 Å². The minimum Gasteiger partial charge on any atom is -0.444 e. The Bertz CT molecular complexity index is 1640. The van der Waals surface area contributed by atoms with Crippen LogP contribution in [0.1, 0.15) is 40.0 Å². The van der Waals surface area contributed by atoms with Gasteiger partial charge in [0, 0.05) is 38.2 Å². The van der Waals surface area contributed by atoms with Gasteiger partial charge in [-0.3, -0.25) is 14.7 Å². The fourth-order valence-electron chi connectivity index (χ4n) is 5.14. The summed E-state index contributed by atoms with van der Waals surface area (Å²) in [5, 5.41) is 6.56. The van der Waals surface area contributed by atoms with Gasteiger partial charge in [-0.1, -0.05) is 60.1 Å².